The molecule has 1 heterocycles. The number of aromatic nitrogens is 1. The second-order valence-corrected chi connectivity index (χ2v) is 6.51. The van der Waals surface area contributed by atoms with E-state index in [2.05, 4.69) is 11.1 Å². The molecule has 24 heavy (non-hydrogen) atoms. The van der Waals surface area contributed by atoms with Crippen molar-refractivity contribution in [3.63, 3.8) is 0 Å². The number of carbonyl (C=O) groups is 1. The van der Waals surface area contributed by atoms with E-state index in [1.165, 1.54) is 0 Å². The number of primary amides is 1. The Labute approximate surface area is 144 Å². The van der Waals surface area contributed by atoms with Crippen LogP contribution in [0.2, 0.25) is 0 Å². The average molecular weight is 337 g/mol. The van der Waals surface area contributed by atoms with Crippen molar-refractivity contribution in [3.05, 3.63) is 41.0 Å². The summed E-state index contributed by atoms with van der Waals surface area (Å²) in [6, 6.07) is 11.5. The van der Waals surface area contributed by atoms with E-state index in [-0.39, 0.29) is 22.0 Å². The van der Waals surface area contributed by atoms with Gasteiger partial charge >= 0.3 is 0 Å². The van der Waals surface area contributed by atoms with E-state index < -0.39 is 11.2 Å². The Bertz CT molecular complexity index is 878. The lowest BCUT2D eigenvalue weighted by Crippen LogP contribution is -2.23. The van der Waals surface area contributed by atoms with Crippen molar-refractivity contribution in [2.45, 2.75) is 24.1 Å². The molecule has 7 heteroatoms. The molecule has 0 aliphatic rings. The van der Waals surface area contributed by atoms with Gasteiger partial charge in [-0.25, -0.2) is 4.98 Å². The molecule has 1 atom stereocenters. The minimum Gasteiger partial charge on any atom is -0.383 e. The highest BCUT2D eigenvalue weighted by molar-refractivity contribution is 8.00. The summed E-state index contributed by atoms with van der Waals surface area (Å²) < 4.78 is 0. The first-order chi connectivity index (χ1) is 11.4. The molecule has 0 saturated heterocycles. The van der Waals surface area contributed by atoms with Crippen molar-refractivity contribution < 1.29 is 4.79 Å². The minimum absolute atomic E-state index is 0.0197. The number of nitrogens with two attached hydrogens (primary N) is 2. The molecule has 1 amide bonds. The van der Waals surface area contributed by atoms with Gasteiger partial charge in [-0.15, -0.1) is 0 Å². The number of nitrogen functional groups attached to an aromatic ring is 1. The number of nitriles is 2. The normalized spacial score (nSPS) is 11.3. The third-order valence-electron chi connectivity index (χ3n) is 3.44. The topological polar surface area (TPSA) is 130 Å². The van der Waals surface area contributed by atoms with Crippen LogP contribution in [0.3, 0.4) is 0 Å². The Morgan fingerprint density at radius 1 is 1.21 bits per heavy atom. The highest BCUT2D eigenvalue weighted by Crippen LogP contribution is 2.36. The number of nitrogens with zero attached hydrogens (tertiary/aromatic N) is 3. The fourth-order valence-corrected chi connectivity index (χ4v) is 2.99. The lowest BCUT2D eigenvalue weighted by atomic mass is 9.96. The number of aryl methyl sites for hydroxylation is 1. The predicted molar refractivity (Wildman–Crippen MR) is 92.8 cm³/mol. The maximum atomic E-state index is 11.3. The first-order valence-corrected chi connectivity index (χ1v) is 7.93. The van der Waals surface area contributed by atoms with E-state index in [4.69, 9.17) is 11.5 Å². The monoisotopic (exact) mass is 337 g/mol. The zero-order valence-electron chi connectivity index (χ0n) is 13.2. The van der Waals surface area contributed by atoms with E-state index in [0.29, 0.717) is 11.1 Å². The first-order valence-electron chi connectivity index (χ1n) is 7.05. The number of amides is 1. The standard InChI is InChI=1S/C17H15N5OS/c1-9-3-5-11(6-4-9)14-12(7-18)15(20)22-17(13(14)8-19)24-10(2)16(21)23/h3-6,10H,1-2H3,(H2,20,22)(H2,21,23). The summed E-state index contributed by atoms with van der Waals surface area (Å²) in [5, 5.41) is 18.8. The number of rotatable bonds is 4. The van der Waals surface area contributed by atoms with Gasteiger partial charge in [-0.05, 0) is 19.4 Å². The molecule has 1 aromatic heterocycles. The highest BCUT2D eigenvalue weighted by Gasteiger charge is 2.23. The molecule has 0 saturated carbocycles. The van der Waals surface area contributed by atoms with Crippen molar-refractivity contribution in [1.82, 2.24) is 4.98 Å². The second-order valence-electron chi connectivity index (χ2n) is 5.18. The first kappa shape index (κ1) is 17.3. The van der Waals surface area contributed by atoms with Crippen LogP contribution in [0.1, 0.15) is 23.6 Å². The van der Waals surface area contributed by atoms with Crippen LogP contribution in [0.4, 0.5) is 5.82 Å². The lowest BCUT2D eigenvalue weighted by Gasteiger charge is -2.14. The molecule has 0 aliphatic carbocycles. The number of benzene rings is 1. The van der Waals surface area contributed by atoms with Crippen LogP contribution < -0.4 is 11.5 Å². The van der Waals surface area contributed by atoms with Crippen molar-refractivity contribution in [1.29, 1.82) is 10.5 Å². The summed E-state index contributed by atoms with van der Waals surface area (Å²) in [5.41, 5.74) is 13.7. The van der Waals surface area contributed by atoms with Gasteiger partial charge in [0.1, 0.15) is 28.5 Å². The van der Waals surface area contributed by atoms with E-state index in [1.807, 2.05) is 37.3 Å². The van der Waals surface area contributed by atoms with Crippen molar-refractivity contribution in [2.24, 2.45) is 5.73 Å². The zero-order chi connectivity index (χ0) is 17.9. The van der Waals surface area contributed by atoms with E-state index in [9.17, 15) is 15.3 Å². The van der Waals surface area contributed by atoms with Gasteiger partial charge in [0.2, 0.25) is 5.91 Å². The summed E-state index contributed by atoms with van der Waals surface area (Å²) in [5.74, 6) is -0.503. The largest absolute Gasteiger partial charge is 0.383 e. The third kappa shape index (κ3) is 3.32. The molecule has 0 fully saturated rings. The quantitative estimate of drug-likeness (QED) is 0.824. The van der Waals surface area contributed by atoms with Gasteiger partial charge in [0.05, 0.1) is 10.8 Å². The Balaban J connectivity index is 2.74. The van der Waals surface area contributed by atoms with E-state index in [0.717, 1.165) is 17.3 Å². The zero-order valence-corrected chi connectivity index (χ0v) is 14.0. The fraction of sp³-hybridized carbons (Fsp3) is 0.176. The van der Waals surface area contributed by atoms with Gasteiger partial charge < -0.3 is 11.5 Å². The maximum Gasteiger partial charge on any atom is 0.230 e. The number of carbonyl (C=O) groups excluding carboxylic acids is 1. The molecule has 0 radical (unpaired) electrons. The number of pyridine rings is 1. The minimum atomic E-state index is -0.581. The summed E-state index contributed by atoms with van der Waals surface area (Å²) in [6.07, 6.45) is 0. The number of thioether (sulfide) groups is 1. The lowest BCUT2D eigenvalue weighted by molar-refractivity contribution is -0.117. The Hall–Kier alpha value is -3.03. The van der Waals surface area contributed by atoms with Crippen LogP contribution in [0.25, 0.3) is 11.1 Å². The molecular formula is C17H15N5OS. The molecule has 4 N–H and O–H groups in total. The molecule has 120 valence electrons. The van der Waals surface area contributed by atoms with Gasteiger partial charge in [-0.3, -0.25) is 4.79 Å². The van der Waals surface area contributed by atoms with Crippen LogP contribution in [0.5, 0.6) is 0 Å². The number of hydrogen-bond acceptors (Lipinski definition) is 6. The Morgan fingerprint density at radius 2 is 1.79 bits per heavy atom. The van der Waals surface area contributed by atoms with E-state index >= 15 is 0 Å². The van der Waals surface area contributed by atoms with Gasteiger partial charge in [0.15, 0.2) is 0 Å². The molecular weight excluding hydrogens is 322 g/mol. The molecule has 1 aromatic carbocycles. The van der Waals surface area contributed by atoms with Crippen molar-refractivity contribution in [2.75, 3.05) is 5.73 Å². The molecule has 0 bridgehead atoms. The molecule has 2 aromatic rings. The van der Waals surface area contributed by atoms with E-state index in [1.54, 1.807) is 6.92 Å². The van der Waals surface area contributed by atoms with Gasteiger partial charge in [0.25, 0.3) is 0 Å². The van der Waals surface area contributed by atoms with Gasteiger partial charge in [-0.2, -0.15) is 10.5 Å². The van der Waals surface area contributed by atoms with Crippen LogP contribution in [0.15, 0.2) is 29.3 Å². The number of anilines is 1. The summed E-state index contributed by atoms with van der Waals surface area (Å²) in [6.45, 7) is 3.56. The SMILES string of the molecule is Cc1ccc(-c2c(C#N)c(N)nc(SC(C)C(N)=O)c2C#N)cc1. The van der Waals surface area contributed by atoms with Crippen molar-refractivity contribution in [3.8, 4) is 23.3 Å². The Morgan fingerprint density at radius 3 is 2.29 bits per heavy atom. The second kappa shape index (κ2) is 7.03. The van der Waals surface area contributed by atoms with Crippen molar-refractivity contribution >= 4 is 23.5 Å². The molecule has 6 nitrogen and oxygen atoms in total. The highest BCUT2D eigenvalue weighted by atomic mass is 32.2. The molecule has 2 rings (SSSR count). The predicted octanol–water partition coefficient (Wildman–Crippen LogP) is 2.35. The summed E-state index contributed by atoms with van der Waals surface area (Å²) >= 11 is 1.05. The number of hydrogen-bond donors (Lipinski definition) is 2. The van der Waals surface area contributed by atoms with Crippen LogP contribution in [-0.2, 0) is 4.79 Å². The smallest absolute Gasteiger partial charge is 0.230 e. The average Bonchev–Trinajstić information content (AvgIpc) is 2.55. The fourth-order valence-electron chi connectivity index (χ4n) is 2.12. The van der Waals surface area contributed by atoms with Crippen LogP contribution in [0, 0.1) is 29.6 Å². The van der Waals surface area contributed by atoms with Gasteiger partial charge in [-0.1, -0.05) is 41.6 Å². The third-order valence-corrected chi connectivity index (χ3v) is 4.55. The summed E-state index contributed by atoms with van der Waals surface area (Å²) in [7, 11) is 0. The molecule has 0 spiro atoms. The Kier molecular flexibility index (Phi) is 5.08. The molecule has 1 unspecified atom stereocenters. The maximum absolute atomic E-state index is 11.3. The van der Waals surface area contributed by atoms with Gasteiger partial charge in [0, 0.05) is 5.56 Å². The van der Waals surface area contributed by atoms with Crippen LogP contribution >= 0.6 is 11.8 Å². The summed E-state index contributed by atoms with van der Waals surface area (Å²) in [4.78, 5) is 15.4. The molecule has 0 aliphatic heterocycles. The van der Waals surface area contributed by atoms with Crippen LogP contribution in [-0.4, -0.2) is 16.1 Å².